The molecule has 6 nitrogen and oxygen atoms in total. The van der Waals surface area contributed by atoms with Crippen LogP contribution in [0.3, 0.4) is 0 Å². The van der Waals surface area contributed by atoms with Gasteiger partial charge in [-0.15, -0.1) is 0 Å². The van der Waals surface area contributed by atoms with Gasteiger partial charge in [-0.1, -0.05) is 0 Å². The smallest absolute Gasteiger partial charge is 0.332 e. The maximum absolute atomic E-state index is 11.8. The number of carbonyl (C=O) groups is 2. The van der Waals surface area contributed by atoms with Crippen molar-refractivity contribution in [3.8, 4) is 0 Å². The second kappa shape index (κ2) is 6.15. The molecular weight excluding hydrogens is 238 g/mol. The van der Waals surface area contributed by atoms with E-state index in [1.165, 1.54) is 0 Å². The van der Waals surface area contributed by atoms with Gasteiger partial charge in [0.05, 0.1) is 5.60 Å². The van der Waals surface area contributed by atoms with E-state index in [2.05, 4.69) is 5.32 Å². The maximum Gasteiger partial charge on any atom is 0.332 e. The Labute approximate surface area is 107 Å². The minimum atomic E-state index is -1.01. The van der Waals surface area contributed by atoms with Gasteiger partial charge in [-0.05, 0) is 33.6 Å². The van der Waals surface area contributed by atoms with Crippen molar-refractivity contribution >= 4 is 11.9 Å². The van der Waals surface area contributed by atoms with E-state index >= 15 is 0 Å². The van der Waals surface area contributed by atoms with Crippen LogP contribution in [0.25, 0.3) is 0 Å². The van der Waals surface area contributed by atoms with Crippen molar-refractivity contribution in [2.45, 2.75) is 51.4 Å². The van der Waals surface area contributed by atoms with Crippen LogP contribution in [0, 0.1) is 0 Å². The lowest BCUT2D eigenvalue weighted by Crippen LogP contribution is -2.44. The molecule has 2 unspecified atom stereocenters. The lowest BCUT2D eigenvalue weighted by atomic mass is 10.1. The lowest BCUT2D eigenvalue weighted by Gasteiger charge is -2.25. The molecule has 0 aromatic rings. The summed E-state index contributed by atoms with van der Waals surface area (Å²) in [6, 6.07) is 0. The summed E-state index contributed by atoms with van der Waals surface area (Å²) in [5, 5.41) is 11.5. The first-order chi connectivity index (χ1) is 8.35. The normalized spacial score (nSPS) is 23.9. The van der Waals surface area contributed by atoms with E-state index in [0.717, 1.165) is 0 Å². The number of carbonyl (C=O) groups excluding carboxylic acids is 1. The molecule has 6 heteroatoms. The van der Waals surface area contributed by atoms with Gasteiger partial charge in [0.1, 0.15) is 6.10 Å². The number of ether oxygens (including phenoxy) is 2. The number of nitrogens with one attached hydrogen (secondary N) is 1. The van der Waals surface area contributed by atoms with Crippen molar-refractivity contribution in [3.63, 3.8) is 0 Å². The maximum atomic E-state index is 11.8. The summed E-state index contributed by atoms with van der Waals surface area (Å²) in [5.74, 6) is -1.29. The molecule has 18 heavy (non-hydrogen) atoms. The highest BCUT2D eigenvalue weighted by atomic mass is 16.5. The van der Waals surface area contributed by atoms with Crippen molar-refractivity contribution in [2.24, 2.45) is 0 Å². The van der Waals surface area contributed by atoms with Gasteiger partial charge in [0.25, 0.3) is 0 Å². The van der Waals surface area contributed by atoms with Gasteiger partial charge < -0.3 is 19.9 Å². The minimum Gasteiger partial charge on any atom is -0.479 e. The predicted octanol–water partition coefficient (Wildman–Crippen LogP) is 0.550. The summed E-state index contributed by atoms with van der Waals surface area (Å²) in [7, 11) is 0. The highest BCUT2D eigenvalue weighted by molar-refractivity contribution is 5.82. The number of aliphatic carboxylic acids is 1. The van der Waals surface area contributed by atoms with Crippen LogP contribution in [0.1, 0.15) is 33.6 Å². The molecule has 1 aliphatic heterocycles. The molecule has 2 atom stereocenters. The average Bonchev–Trinajstić information content (AvgIpc) is 2.75. The zero-order chi connectivity index (χ0) is 13.8. The second-order valence-electron chi connectivity index (χ2n) is 4.94. The summed E-state index contributed by atoms with van der Waals surface area (Å²) < 4.78 is 10.6. The fraction of sp³-hybridized carbons (Fsp3) is 0.833. The topological polar surface area (TPSA) is 84.9 Å². The predicted molar refractivity (Wildman–Crippen MR) is 64.2 cm³/mol. The number of carboxylic acid groups (broad SMARTS) is 1. The Bertz CT molecular complexity index is 316. The van der Waals surface area contributed by atoms with Crippen LogP contribution < -0.4 is 5.32 Å². The van der Waals surface area contributed by atoms with E-state index in [1.54, 1.807) is 0 Å². The van der Waals surface area contributed by atoms with Crippen LogP contribution in [0.4, 0.5) is 0 Å². The highest BCUT2D eigenvalue weighted by Gasteiger charge is 2.35. The summed E-state index contributed by atoms with van der Waals surface area (Å²) in [4.78, 5) is 22.5. The summed E-state index contributed by atoms with van der Waals surface area (Å²) in [6.07, 6.45) is -0.704. The quantitative estimate of drug-likeness (QED) is 0.727. The molecule has 0 bridgehead atoms. The van der Waals surface area contributed by atoms with Gasteiger partial charge in [0, 0.05) is 13.2 Å². The fourth-order valence-corrected chi connectivity index (χ4v) is 1.87. The second-order valence-corrected chi connectivity index (χ2v) is 4.94. The SMILES string of the molecule is CCOC(C)(C)CNC(=O)C1CCC(C(=O)O)O1. The van der Waals surface area contributed by atoms with E-state index in [-0.39, 0.29) is 5.91 Å². The minimum absolute atomic E-state index is 0.272. The first-order valence-electron chi connectivity index (χ1n) is 6.15. The van der Waals surface area contributed by atoms with Crippen LogP contribution in [-0.4, -0.2) is 47.9 Å². The molecule has 0 radical (unpaired) electrons. The molecule has 1 amide bonds. The van der Waals surface area contributed by atoms with Crippen LogP contribution in [0.5, 0.6) is 0 Å². The molecule has 0 aromatic carbocycles. The molecule has 0 aromatic heterocycles. The lowest BCUT2D eigenvalue weighted by molar-refractivity contribution is -0.152. The molecule has 2 N–H and O–H groups in total. The van der Waals surface area contributed by atoms with E-state index in [0.29, 0.717) is 26.0 Å². The van der Waals surface area contributed by atoms with Gasteiger partial charge >= 0.3 is 5.97 Å². The molecule has 0 aliphatic carbocycles. The van der Waals surface area contributed by atoms with Crippen LogP contribution in [0.15, 0.2) is 0 Å². The molecule has 104 valence electrons. The number of carboxylic acids is 1. The third-order valence-corrected chi connectivity index (χ3v) is 2.81. The van der Waals surface area contributed by atoms with E-state index in [1.807, 2.05) is 20.8 Å². The molecule has 1 rings (SSSR count). The van der Waals surface area contributed by atoms with Crippen molar-refractivity contribution in [1.29, 1.82) is 0 Å². The Morgan fingerprint density at radius 3 is 2.50 bits per heavy atom. The van der Waals surface area contributed by atoms with Crippen molar-refractivity contribution < 1.29 is 24.2 Å². The molecule has 1 saturated heterocycles. The van der Waals surface area contributed by atoms with E-state index in [9.17, 15) is 9.59 Å². The Kier molecular flexibility index (Phi) is 5.10. The highest BCUT2D eigenvalue weighted by Crippen LogP contribution is 2.20. The standard InChI is InChI=1S/C12H21NO5/c1-4-17-12(2,3)7-13-10(14)8-5-6-9(18-8)11(15)16/h8-9H,4-7H2,1-3H3,(H,13,14)(H,15,16). The summed E-state index contributed by atoms with van der Waals surface area (Å²) in [5.41, 5.74) is -0.435. The third-order valence-electron chi connectivity index (χ3n) is 2.81. The number of hydrogen-bond acceptors (Lipinski definition) is 4. The Hall–Kier alpha value is -1.14. The van der Waals surface area contributed by atoms with Crippen LogP contribution in [0.2, 0.25) is 0 Å². The van der Waals surface area contributed by atoms with Gasteiger partial charge in [-0.3, -0.25) is 4.79 Å². The van der Waals surface area contributed by atoms with Gasteiger partial charge in [0.15, 0.2) is 6.10 Å². The van der Waals surface area contributed by atoms with Gasteiger partial charge in [0.2, 0.25) is 5.91 Å². The molecule has 1 aliphatic rings. The van der Waals surface area contributed by atoms with Crippen LogP contribution in [-0.2, 0) is 19.1 Å². The Balaban J connectivity index is 2.36. The third kappa shape index (κ3) is 4.27. The average molecular weight is 259 g/mol. The largest absolute Gasteiger partial charge is 0.479 e. The molecule has 0 saturated carbocycles. The summed E-state index contributed by atoms with van der Waals surface area (Å²) in [6.45, 7) is 6.60. The zero-order valence-corrected chi connectivity index (χ0v) is 11.1. The Morgan fingerprint density at radius 1 is 1.39 bits per heavy atom. The zero-order valence-electron chi connectivity index (χ0n) is 11.1. The summed E-state index contributed by atoms with van der Waals surface area (Å²) >= 11 is 0. The van der Waals surface area contributed by atoms with Crippen molar-refractivity contribution in [1.82, 2.24) is 5.32 Å². The van der Waals surface area contributed by atoms with Gasteiger partial charge in [-0.2, -0.15) is 0 Å². The Morgan fingerprint density at radius 2 is 2.00 bits per heavy atom. The first kappa shape index (κ1) is 14.9. The number of hydrogen-bond donors (Lipinski definition) is 2. The van der Waals surface area contributed by atoms with Crippen LogP contribution >= 0.6 is 0 Å². The van der Waals surface area contributed by atoms with E-state index < -0.39 is 23.8 Å². The number of amides is 1. The fourth-order valence-electron chi connectivity index (χ4n) is 1.87. The molecule has 1 fully saturated rings. The van der Waals surface area contributed by atoms with E-state index in [4.69, 9.17) is 14.6 Å². The van der Waals surface area contributed by atoms with Crippen molar-refractivity contribution in [2.75, 3.05) is 13.2 Å². The van der Waals surface area contributed by atoms with Gasteiger partial charge in [-0.25, -0.2) is 4.79 Å². The number of rotatable bonds is 6. The molecule has 1 heterocycles. The molecular formula is C12H21NO5. The molecule has 0 spiro atoms. The monoisotopic (exact) mass is 259 g/mol. The van der Waals surface area contributed by atoms with Crippen molar-refractivity contribution in [3.05, 3.63) is 0 Å². The first-order valence-corrected chi connectivity index (χ1v) is 6.15.